The molecular weight excluding hydrogens is 266 g/mol. The fourth-order valence-electron chi connectivity index (χ4n) is 1.65. The van der Waals surface area contributed by atoms with Gasteiger partial charge in [0.25, 0.3) is 0 Å². The molecule has 6 heteroatoms. The number of rotatable bonds is 3. The van der Waals surface area contributed by atoms with Crippen molar-refractivity contribution in [2.75, 3.05) is 0 Å². The summed E-state index contributed by atoms with van der Waals surface area (Å²) in [4.78, 5) is 11.2. The zero-order valence-electron chi connectivity index (χ0n) is 9.87. The third kappa shape index (κ3) is 2.81. The minimum absolute atomic E-state index is 0.113. The number of benzene rings is 2. The second-order valence-corrected chi connectivity index (χ2v) is 5.37. The van der Waals surface area contributed by atoms with E-state index < -0.39 is 16.0 Å². The molecule has 0 atom stereocenters. The molecule has 0 radical (unpaired) electrons. The van der Waals surface area contributed by atoms with Crippen LogP contribution in [0.15, 0.2) is 53.9 Å². The molecule has 0 fully saturated rings. The highest BCUT2D eigenvalue weighted by molar-refractivity contribution is 7.89. The molecule has 0 saturated heterocycles. The summed E-state index contributed by atoms with van der Waals surface area (Å²) in [6, 6.07) is 9.57. The molecule has 2 rings (SSSR count). The number of primary sulfonamides is 1. The van der Waals surface area contributed by atoms with Gasteiger partial charge in [-0.25, -0.2) is 18.4 Å². The van der Waals surface area contributed by atoms with E-state index in [1.807, 2.05) is 0 Å². The lowest BCUT2D eigenvalue weighted by atomic mass is 10.1. The minimum atomic E-state index is -3.88. The molecule has 2 aromatic carbocycles. The first-order valence-electron chi connectivity index (χ1n) is 5.31. The van der Waals surface area contributed by atoms with Crippen LogP contribution in [0.4, 0.5) is 0 Å². The number of hydrogen-bond acceptors (Lipinski definition) is 4. The van der Waals surface area contributed by atoms with E-state index in [9.17, 15) is 13.2 Å². The van der Waals surface area contributed by atoms with Gasteiger partial charge in [0, 0.05) is 17.5 Å². The van der Waals surface area contributed by atoms with Crippen molar-refractivity contribution in [3.8, 4) is 5.75 Å². The largest absolute Gasteiger partial charge is 0.423 e. The van der Waals surface area contributed by atoms with Crippen molar-refractivity contribution in [2.45, 2.75) is 4.90 Å². The summed E-state index contributed by atoms with van der Waals surface area (Å²) in [6.07, 6.45) is 0.998. The fraction of sp³-hybridized carbons (Fsp3) is 0. The normalized spacial score (nSPS) is 11.2. The van der Waals surface area contributed by atoms with Gasteiger partial charge < -0.3 is 4.74 Å². The van der Waals surface area contributed by atoms with Crippen molar-refractivity contribution < 1.29 is 17.9 Å². The Morgan fingerprint density at radius 3 is 2.58 bits per heavy atom. The van der Waals surface area contributed by atoms with Gasteiger partial charge in [0.2, 0.25) is 10.0 Å². The summed E-state index contributed by atoms with van der Waals surface area (Å²) in [5, 5.41) is 6.32. The van der Waals surface area contributed by atoms with E-state index in [0.717, 1.165) is 6.08 Å². The summed E-state index contributed by atoms with van der Waals surface area (Å²) >= 11 is 0. The van der Waals surface area contributed by atoms with E-state index >= 15 is 0 Å². The topological polar surface area (TPSA) is 86.5 Å². The van der Waals surface area contributed by atoms with Crippen molar-refractivity contribution in [2.24, 2.45) is 5.14 Å². The molecule has 0 aliphatic carbocycles. The lowest BCUT2D eigenvalue weighted by molar-refractivity contribution is -0.128. The number of fused-ring (bicyclic) bond motifs is 1. The molecule has 19 heavy (non-hydrogen) atoms. The summed E-state index contributed by atoms with van der Waals surface area (Å²) in [5.41, 5.74) is 0. The fourth-order valence-corrected chi connectivity index (χ4v) is 2.21. The first-order valence-corrected chi connectivity index (χ1v) is 6.86. The predicted octanol–water partition coefficient (Wildman–Crippen LogP) is 1.58. The second-order valence-electron chi connectivity index (χ2n) is 3.81. The molecule has 0 aromatic heterocycles. The van der Waals surface area contributed by atoms with Crippen molar-refractivity contribution in [3.05, 3.63) is 49.1 Å². The van der Waals surface area contributed by atoms with Gasteiger partial charge in [-0.1, -0.05) is 30.8 Å². The van der Waals surface area contributed by atoms with Crippen molar-refractivity contribution in [1.29, 1.82) is 0 Å². The van der Waals surface area contributed by atoms with Crippen LogP contribution in [-0.4, -0.2) is 14.4 Å². The van der Waals surface area contributed by atoms with Crippen LogP contribution in [0.3, 0.4) is 0 Å². The monoisotopic (exact) mass is 277 g/mol. The second kappa shape index (κ2) is 4.83. The number of sulfonamides is 1. The molecule has 0 amide bonds. The van der Waals surface area contributed by atoms with Crippen LogP contribution >= 0.6 is 0 Å². The van der Waals surface area contributed by atoms with Gasteiger partial charge in [-0.2, -0.15) is 0 Å². The summed E-state index contributed by atoms with van der Waals surface area (Å²) in [7, 11) is -3.88. The highest BCUT2D eigenvalue weighted by Crippen LogP contribution is 2.29. The zero-order valence-corrected chi connectivity index (χ0v) is 10.7. The van der Waals surface area contributed by atoms with Gasteiger partial charge in [-0.05, 0) is 11.5 Å². The van der Waals surface area contributed by atoms with E-state index in [-0.39, 0.29) is 10.6 Å². The Morgan fingerprint density at radius 1 is 1.26 bits per heavy atom. The Hall–Kier alpha value is -2.18. The van der Waals surface area contributed by atoms with Crippen LogP contribution in [0.25, 0.3) is 10.8 Å². The number of ether oxygens (including phenoxy) is 1. The number of carbonyl (C=O) groups excluding carboxylic acids is 1. The quantitative estimate of drug-likeness (QED) is 0.524. The molecule has 0 spiro atoms. The molecule has 0 aliphatic heterocycles. The molecule has 0 aliphatic rings. The van der Waals surface area contributed by atoms with E-state index in [1.165, 1.54) is 12.1 Å². The molecule has 98 valence electrons. The van der Waals surface area contributed by atoms with Crippen LogP contribution in [0, 0.1) is 0 Å². The Morgan fingerprint density at radius 2 is 1.95 bits per heavy atom. The lowest BCUT2D eigenvalue weighted by Gasteiger charge is -2.08. The van der Waals surface area contributed by atoms with E-state index in [4.69, 9.17) is 9.88 Å². The van der Waals surface area contributed by atoms with Gasteiger partial charge in [0.05, 0.1) is 4.90 Å². The van der Waals surface area contributed by atoms with Gasteiger partial charge in [-0.3, -0.25) is 0 Å². The maximum absolute atomic E-state index is 11.4. The first-order chi connectivity index (χ1) is 8.91. The molecule has 2 aromatic rings. The SMILES string of the molecule is C=CC(=O)Oc1cc(S(N)(=O)=O)cc2ccccc12. The van der Waals surface area contributed by atoms with Crippen molar-refractivity contribution in [3.63, 3.8) is 0 Å². The molecule has 0 saturated carbocycles. The highest BCUT2D eigenvalue weighted by Gasteiger charge is 2.14. The van der Waals surface area contributed by atoms with Crippen LogP contribution < -0.4 is 9.88 Å². The number of nitrogens with two attached hydrogens (primary N) is 1. The maximum Gasteiger partial charge on any atom is 0.335 e. The van der Waals surface area contributed by atoms with Crippen molar-refractivity contribution in [1.82, 2.24) is 0 Å². The van der Waals surface area contributed by atoms with E-state index in [0.29, 0.717) is 10.8 Å². The number of hydrogen-bond donors (Lipinski definition) is 1. The van der Waals surface area contributed by atoms with Gasteiger partial charge >= 0.3 is 5.97 Å². The standard InChI is InChI=1S/C13H11NO4S/c1-2-13(15)18-12-8-10(19(14,16)17)7-9-5-3-4-6-11(9)12/h2-8H,1H2,(H2,14,16,17). The summed E-state index contributed by atoms with van der Waals surface area (Å²) in [6.45, 7) is 3.29. The molecule has 0 bridgehead atoms. The Bertz CT molecular complexity index is 765. The molecule has 0 unspecified atom stereocenters. The predicted molar refractivity (Wildman–Crippen MR) is 71.2 cm³/mol. The highest BCUT2D eigenvalue weighted by atomic mass is 32.2. The first kappa shape index (κ1) is 13.3. The lowest BCUT2D eigenvalue weighted by Crippen LogP contribution is -2.13. The number of carbonyl (C=O) groups is 1. The molecule has 5 nitrogen and oxygen atoms in total. The third-order valence-electron chi connectivity index (χ3n) is 2.50. The molecule has 0 heterocycles. The molecular formula is C13H11NO4S. The van der Waals surface area contributed by atoms with Crippen molar-refractivity contribution >= 4 is 26.8 Å². The Kier molecular flexibility index (Phi) is 3.37. The Labute approximate surface area is 110 Å². The molecule has 2 N–H and O–H groups in total. The minimum Gasteiger partial charge on any atom is -0.423 e. The summed E-state index contributed by atoms with van der Waals surface area (Å²) in [5.74, 6) is -0.538. The number of esters is 1. The van der Waals surface area contributed by atoms with E-state index in [1.54, 1.807) is 24.3 Å². The van der Waals surface area contributed by atoms with E-state index in [2.05, 4.69) is 6.58 Å². The Balaban J connectivity index is 2.71. The zero-order chi connectivity index (χ0) is 14.0. The maximum atomic E-state index is 11.4. The van der Waals surface area contributed by atoms with Gasteiger partial charge in [0.15, 0.2) is 0 Å². The average Bonchev–Trinajstić information content (AvgIpc) is 2.37. The van der Waals surface area contributed by atoms with Crippen LogP contribution in [0.2, 0.25) is 0 Å². The smallest absolute Gasteiger partial charge is 0.335 e. The summed E-state index contributed by atoms with van der Waals surface area (Å²) < 4.78 is 27.8. The third-order valence-corrected chi connectivity index (χ3v) is 3.40. The van der Waals surface area contributed by atoms with Crippen LogP contribution in [0.5, 0.6) is 5.75 Å². The van der Waals surface area contributed by atoms with Crippen LogP contribution in [-0.2, 0) is 14.8 Å². The average molecular weight is 277 g/mol. The van der Waals surface area contributed by atoms with Gasteiger partial charge in [-0.15, -0.1) is 0 Å². The van der Waals surface area contributed by atoms with Gasteiger partial charge in [0.1, 0.15) is 5.75 Å². The van der Waals surface area contributed by atoms with Crippen LogP contribution in [0.1, 0.15) is 0 Å².